The quantitative estimate of drug-likeness (QED) is 0.0479. The van der Waals surface area contributed by atoms with Crippen LogP contribution < -0.4 is 10.6 Å². The SMILES string of the molecule is CC(=O)N[C@H]1[C@H](O[C@H]2[C@@H](O)[C@@H](CO)O[C@@H](O[C@@H]3[C@@H](NC(C)=O)[C@H](O[C@H]4[C@@H](O)[C@@H](CO)O[C@@H](O[C@H]5[C@H](O)[C@@H](O)[C@H](O)O[C@@H]5CO)[C@@H]4O)O[C@H](CO)[C@H]3O[C@@H]3O[C@@H](C)[C@@H](O)[C@@H](O)[C@@H]3O)[C@@H]2O)O[C@H](CO)[C@@H](O[C@@H]2O[C@@H](C)[C@@H](O)[C@@H](O)[C@@H]2O)[C@@H]1O[C@@H]1O[C@H](CO)[C@H](O)[C@H](O)[C@H]1O. The number of ether oxygens (including phenoxy) is 15. The largest absolute Gasteiger partial charge is 0.394 e. The predicted octanol–water partition coefficient (Wildman–Crippen LogP) is -16.1. The molecule has 0 aromatic heterocycles. The van der Waals surface area contributed by atoms with E-state index in [-0.39, 0.29) is 0 Å². The smallest absolute Gasteiger partial charge is 0.217 e. The van der Waals surface area contributed by atoms with Gasteiger partial charge < -0.3 is 194 Å². The van der Waals surface area contributed by atoms with E-state index in [0.717, 1.165) is 13.8 Å². The van der Waals surface area contributed by atoms with Gasteiger partial charge in [-0.15, -0.1) is 0 Å². The molecule has 0 radical (unpaired) electrons. The molecule has 0 aromatic carbocycles. The molecule has 0 saturated carbocycles. The van der Waals surface area contributed by atoms with Gasteiger partial charge in [0.1, 0.15) is 183 Å². The highest BCUT2D eigenvalue weighted by molar-refractivity contribution is 5.73. The maximum absolute atomic E-state index is 13.4. The summed E-state index contributed by atoms with van der Waals surface area (Å²) in [5.41, 5.74) is 0. The van der Waals surface area contributed by atoms with Crippen molar-refractivity contribution in [3.8, 4) is 0 Å². The monoisotopic (exact) mass is 1360 g/mol. The molecule has 41 nitrogen and oxygen atoms in total. The van der Waals surface area contributed by atoms with Crippen LogP contribution in [0.25, 0.3) is 0 Å². The Morgan fingerprint density at radius 1 is 0.280 bits per heavy atom. The van der Waals surface area contributed by atoms with Crippen LogP contribution in [0.15, 0.2) is 0 Å². The molecule has 8 rings (SSSR count). The van der Waals surface area contributed by atoms with Gasteiger partial charge in [0.15, 0.2) is 50.3 Å². The van der Waals surface area contributed by atoms with E-state index in [2.05, 4.69) is 10.6 Å². The van der Waals surface area contributed by atoms with E-state index in [1.54, 1.807) is 0 Å². The minimum atomic E-state index is -2.47. The summed E-state index contributed by atoms with van der Waals surface area (Å²) in [4.78, 5) is 26.7. The summed E-state index contributed by atoms with van der Waals surface area (Å²) in [6.45, 7) is -2.10. The van der Waals surface area contributed by atoms with Gasteiger partial charge >= 0.3 is 0 Å². The molecule has 8 heterocycles. The second-order valence-corrected chi connectivity index (χ2v) is 23.8. The molecule has 2 amide bonds. The lowest BCUT2D eigenvalue weighted by Gasteiger charge is -2.52. The number of carbonyl (C=O) groups excluding carboxylic acids is 2. The van der Waals surface area contributed by atoms with Crippen LogP contribution in [-0.2, 0) is 80.6 Å². The van der Waals surface area contributed by atoms with Crippen molar-refractivity contribution in [1.29, 1.82) is 0 Å². The molecule has 40 atom stereocenters. The highest BCUT2D eigenvalue weighted by atomic mass is 16.8. The van der Waals surface area contributed by atoms with Crippen molar-refractivity contribution in [1.82, 2.24) is 10.6 Å². The lowest BCUT2D eigenvalue weighted by atomic mass is 9.93. The summed E-state index contributed by atoms with van der Waals surface area (Å²) >= 11 is 0. The first-order valence-corrected chi connectivity index (χ1v) is 29.9. The number of aliphatic hydroxyl groups is 22. The fraction of sp³-hybridized carbons (Fsp3) is 0.962. The normalized spacial score (nSPS) is 51.6. The van der Waals surface area contributed by atoms with Crippen molar-refractivity contribution in [2.75, 3.05) is 39.6 Å². The van der Waals surface area contributed by atoms with Gasteiger partial charge in [0, 0.05) is 13.8 Å². The molecule has 0 unspecified atom stereocenters. The Labute approximate surface area is 527 Å². The first-order chi connectivity index (χ1) is 43.9. The Balaban J connectivity index is 1.16. The number of aliphatic hydroxyl groups excluding tert-OH is 22. The van der Waals surface area contributed by atoms with Crippen LogP contribution in [0.4, 0.5) is 0 Å². The van der Waals surface area contributed by atoms with Gasteiger partial charge in [-0.05, 0) is 13.8 Å². The van der Waals surface area contributed by atoms with E-state index in [9.17, 15) is 122 Å². The van der Waals surface area contributed by atoms with E-state index < -0.39 is 297 Å². The Morgan fingerprint density at radius 2 is 0.559 bits per heavy atom. The van der Waals surface area contributed by atoms with Crippen molar-refractivity contribution in [2.24, 2.45) is 0 Å². The molecule has 0 bridgehead atoms. The molecule has 0 spiro atoms. The van der Waals surface area contributed by atoms with E-state index in [1.807, 2.05) is 0 Å². The lowest BCUT2D eigenvalue weighted by Crippen LogP contribution is -2.72. The molecule has 540 valence electrons. The molecule has 24 N–H and O–H groups in total. The van der Waals surface area contributed by atoms with Crippen LogP contribution in [0.5, 0.6) is 0 Å². The summed E-state index contributed by atoms with van der Waals surface area (Å²) in [7, 11) is 0. The zero-order valence-corrected chi connectivity index (χ0v) is 50.1. The maximum atomic E-state index is 13.4. The predicted molar refractivity (Wildman–Crippen MR) is 285 cm³/mol. The summed E-state index contributed by atoms with van der Waals surface area (Å²) in [5, 5.41) is 245. The summed E-state index contributed by atoms with van der Waals surface area (Å²) in [6, 6.07) is -3.96. The summed E-state index contributed by atoms with van der Waals surface area (Å²) in [6.07, 6.45) is -75.6. The van der Waals surface area contributed by atoms with Gasteiger partial charge in [-0.25, -0.2) is 0 Å². The van der Waals surface area contributed by atoms with Crippen LogP contribution >= 0.6 is 0 Å². The maximum Gasteiger partial charge on any atom is 0.217 e. The van der Waals surface area contributed by atoms with E-state index in [1.165, 1.54) is 13.8 Å². The third kappa shape index (κ3) is 16.2. The number of hydrogen-bond donors (Lipinski definition) is 24. The Morgan fingerprint density at radius 3 is 0.914 bits per heavy atom. The molecule has 8 aliphatic rings. The minimum Gasteiger partial charge on any atom is -0.394 e. The molecule has 41 heteroatoms. The molecular formula is C52H88N2O39. The highest BCUT2D eigenvalue weighted by Crippen LogP contribution is 2.40. The van der Waals surface area contributed by atoms with Gasteiger partial charge in [-0.3, -0.25) is 9.59 Å². The lowest BCUT2D eigenvalue weighted by molar-refractivity contribution is -0.399. The van der Waals surface area contributed by atoms with Crippen LogP contribution in [0, 0.1) is 0 Å². The second-order valence-electron chi connectivity index (χ2n) is 23.8. The molecule has 0 aromatic rings. The fourth-order valence-electron chi connectivity index (χ4n) is 12.2. The minimum absolute atomic E-state index is 0.936. The third-order valence-electron chi connectivity index (χ3n) is 17.4. The topological polar surface area (TPSA) is 642 Å². The molecule has 93 heavy (non-hydrogen) atoms. The fourth-order valence-corrected chi connectivity index (χ4v) is 12.2. The molecule has 8 saturated heterocycles. The van der Waals surface area contributed by atoms with Gasteiger partial charge in [0.25, 0.3) is 0 Å². The van der Waals surface area contributed by atoms with Crippen molar-refractivity contribution in [3.05, 3.63) is 0 Å². The number of amides is 2. The highest BCUT2D eigenvalue weighted by Gasteiger charge is 2.61. The van der Waals surface area contributed by atoms with Crippen LogP contribution in [0.1, 0.15) is 27.7 Å². The van der Waals surface area contributed by atoms with Crippen molar-refractivity contribution >= 4 is 11.8 Å². The van der Waals surface area contributed by atoms with Crippen molar-refractivity contribution in [3.63, 3.8) is 0 Å². The first-order valence-electron chi connectivity index (χ1n) is 29.9. The van der Waals surface area contributed by atoms with Crippen molar-refractivity contribution < 1.29 is 193 Å². The summed E-state index contributed by atoms with van der Waals surface area (Å²) in [5.74, 6) is -1.94. The Kier molecular flexibility index (Phi) is 26.7. The summed E-state index contributed by atoms with van der Waals surface area (Å²) < 4.78 is 89.0. The number of nitrogens with one attached hydrogen (secondary N) is 2. The first kappa shape index (κ1) is 76.2. The van der Waals surface area contributed by atoms with Crippen molar-refractivity contribution in [2.45, 2.75) is 273 Å². The second kappa shape index (κ2) is 32.6. The Hall–Kier alpha value is -2.54. The van der Waals surface area contributed by atoms with E-state index >= 15 is 0 Å². The van der Waals surface area contributed by atoms with E-state index in [4.69, 9.17) is 71.1 Å². The number of carbonyl (C=O) groups is 2. The molecule has 8 fully saturated rings. The average molecular weight is 1370 g/mol. The van der Waals surface area contributed by atoms with Crippen LogP contribution in [0.2, 0.25) is 0 Å². The standard InChI is InChI=1S/C52H88N2O39/c1-11-23(63)28(68)33(73)48(79-11)88-39-19(9-59)85-46(21(53-13(3)61)41(39)90-50-35(75)30(70)25(65)15(5-55)82-50)93-44-27(67)17(7-57)84-52(37(44)77)91-42-22(54-14(4)62)47(86-20(10-60)40(42)89-49-34(74)29(69)24(64)12(2)80-49)92-43-26(66)16(6-56)83-51(36(43)76)87-38-18(8-58)81-45(78)32(72)31(38)71/h11-12,15-52,55-60,63-78H,5-10H2,1-4H3,(H,53,61)(H,54,62)/t11-,12-,15+,16+,17+,18+,19+,20+,21+,22+,23+,24+,25-,26-,27-,28+,29+,30-,31+,32+,33-,34-,35+,36+,37+,38+,39+,40+,41+,42+,43-,44-,45+,46-,47-,48-,49-,50-,51-,52-/m0/s1. The zero-order chi connectivity index (χ0) is 68.5. The van der Waals surface area contributed by atoms with E-state index in [0.29, 0.717) is 0 Å². The van der Waals surface area contributed by atoms with Crippen LogP contribution in [-0.4, -0.2) is 409 Å². The zero-order valence-electron chi connectivity index (χ0n) is 50.1. The number of hydrogen-bond acceptors (Lipinski definition) is 39. The molecular weight excluding hydrogens is 1280 g/mol. The Bertz CT molecular complexity index is 2350. The van der Waals surface area contributed by atoms with Crippen LogP contribution in [0.3, 0.4) is 0 Å². The third-order valence-corrected chi connectivity index (χ3v) is 17.4. The van der Waals surface area contributed by atoms with Gasteiger partial charge in [0.2, 0.25) is 11.8 Å². The molecule has 0 aliphatic carbocycles. The number of rotatable bonds is 22. The van der Waals surface area contributed by atoms with Gasteiger partial charge in [-0.1, -0.05) is 0 Å². The average Bonchev–Trinajstić information content (AvgIpc) is 0.820. The molecule has 8 aliphatic heterocycles. The van der Waals surface area contributed by atoms with Gasteiger partial charge in [0.05, 0.1) is 51.8 Å². The van der Waals surface area contributed by atoms with Gasteiger partial charge in [-0.2, -0.15) is 0 Å².